The van der Waals surface area contributed by atoms with Crippen LogP contribution in [0.1, 0.15) is 181 Å². The van der Waals surface area contributed by atoms with Gasteiger partial charge in [-0.2, -0.15) is 8.42 Å². The summed E-state index contributed by atoms with van der Waals surface area (Å²) in [6.45, 7) is 3.17. The van der Waals surface area contributed by atoms with Gasteiger partial charge in [0, 0.05) is 0 Å². The van der Waals surface area contributed by atoms with Crippen LogP contribution in [-0.2, 0) is 28.9 Å². The topological polar surface area (TPSA) is 212 Å². The van der Waals surface area contributed by atoms with Gasteiger partial charge in [-0.25, -0.2) is 4.18 Å². The molecule has 1 amide bonds. The monoisotopic (exact) mass is 888 g/mol. The van der Waals surface area contributed by atoms with Gasteiger partial charge in [-0.05, 0) is 70.6 Å². The van der Waals surface area contributed by atoms with Crippen molar-refractivity contribution in [3.05, 3.63) is 48.6 Å². The Labute approximate surface area is 369 Å². The van der Waals surface area contributed by atoms with E-state index in [-0.39, 0.29) is 6.42 Å². The van der Waals surface area contributed by atoms with Crippen molar-refractivity contribution in [2.75, 3.05) is 13.2 Å². The molecular weight excluding hydrogens is 803 g/mol. The van der Waals surface area contributed by atoms with E-state index >= 15 is 0 Å². The number of rotatable bonds is 39. The minimum absolute atomic E-state index is 0.218. The molecule has 1 aliphatic rings. The summed E-state index contributed by atoms with van der Waals surface area (Å²) in [6.07, 6.45) is 33.4. The first-order chi connectivity index (χ1) is 29.4. The SMILES string of the molecule is CCCCCCC/C=C/CC/C=C/CC/C=C/C(O)C(COC1OC(CO)C(O)C(OS(=O)(=O)O)C1O)NC(=O)C(O)CCCCCC/C=C\CCCCCCCCCCC. The summed E-state index contributed by atoms with van der Waals surface area (Å²) in [7, 11) is -5.13. The molecule has 1 heterocycles. The molecule has 14 heteroatoms. The van der Waals surface area contributed by atoms with Gasteiger partial charge in [0.25, 0.3) is 0 Å². The average Bonchev–Trinajstić information content (AvgIpc) is 3.23. The highest BCUT2D eigenvalue weighted by atomic mass is 32.3. The minimum atomic E-state index is -5.13. The lowest BCUT2D eigenvalue weighted by Gasteiger charge is -2.41. The Balaban J connectivity index is 2.62. The average molecular weight is 888 g/mol. The number of unbranched alkanes of at least 4 members (excludes halogenated alkanes) is 20. The van der Waals surface area contributed by atoms with Gasteiger partial charge >= 0.3 is 10.4 Å². The fourth-order valence-corrected chi connectivity index (χ4v) is 7.64. The van der Waals surface area contributed by atoms with Crippen LogP contribution in [0.3, 0.4) is 0 Å². The number of carbonyl (C=O) groups excluding carboxylic acids is 1. The first-order valence-corrected chi connectivity index (χ1v) is 25.0. The lowest BCUT2D eigenvalue weighted by molar-refractivity contribution is -0.298. The van der Waals surface area contributed by atoms with Crippen molar-refractivity contribution in [1.82, 2.24) is 5.32 Å². The Morgan fingerprint density at radius 2 is 1.10 bits per heavy atom. The molecule has 0 aliphatic carbocycles. The molecule has 1 fully saturated rings. The van der Waals surface area contributed by atoms with Crippen LogP contribution in [0.2, 0.25) is 0 Å². The molecule has 0 bridgehead atoms. The zero-order valence-corrected chi connectivity index (χ0v) is 38.4. The van der Waals surface area contributed by atoms with Gasteiger partial charge in [0.2, 0.25) is 5.91 Å². The van der Waals surface area contributed by atoms with Crippen LogP contribution < -0.4 is 5.32 Å². The molecule has 1 saturated heterocycles. The Morgan fingerprint density at radius 3 is 1.57 bits per heavy atom. The number of aliphatic hydroxyl groups excluding tert-OH is 5. The summed E-state index contributed by atoms with van der Waals surface area (Å²) < 4.78 is 47.5. The molecule has 8 unspecified atom stereocenters. The van der Waals surface area contributed by atoms with Crippen LogP contribution >= 0.6 is 0 Å². The zero-order valence-electron chi connectivity index (χ0n) is 37.6. The number of amides is 1. The summed E-state index contributed by atoms with van der Waals surface area (Å²) in [5, 5.41) is 55.2. The third-order valence-electron chi connectivity index (χ3n) is 10.9. The number of aliphatic hydroxyl groups is 5. The van der Waals surface area contributed by atoms with Gasteiger partial charge in [-0.1, -0.05) is 159 Å². The second kappa shape index (κ2) is 37.4. The van der Waals surface area contributed by atoms with Gasteiger partial charge < -0.3 is 40.3 Å². The van der Waals surface area contributed by atoms with E-state index in [0.29, 0.717) is 12.8 Å². The number of ether oxygens (including phenoxy) is 2. The molecule has 0 aromatic rings. The van der Waals surface area contributed by atoms with Gasteiger partial charge in [0.05, 0.1) is 25.4 Å². The van der Waals surface area contributed by atoms with Gasteiger partial charge in [0.15, 0.2) is 6.29 Å². The predicted molar refractivity (Wildman–Crippen MR) is 242 cm³/mol. The summed E-state index contributed by atoms with van der Waals surface area (Å²) in [6, 6.07) is -1.15. The molecule has 0 spiro atoms. The van der Waals surface area contributed by atoms with Crippen LogP contribution in [0, 0.1) is 0 Å². The highest BCUT2D eigenvalue weighted by Crippen LogP contribution is 2.26. The van der Waals surface area contributed by atoms with Gasteiger partial charge in [-0.15, -0.1) is 0 Å². The van der Waals surface area contributed by atoms with E-state index in [4.69, 9.17) is 9.47 Å². The normalized spacial score (nSPS) is 21.6. The highest BCUT2D eigenvalue weighted by molar-refractivity contribution is 7.80. The molecule has 7 N–H and O–H groups in total. The van der Waals surface area contributed by atoms with Crippen molar-refractivity contribution >= 4 is 16.3 Å². The zero-order chi connectivity index (χ0) is 45.0. The molecule has 13 nitrogen and oxygen atoms in total. The Morgan fingerprint density at radius 1 is 0.656 bits per heavy atom. The molecule has 1 aliphatic heterocycles. The quantitative estimate of drug-likeness (QED) is 0.0177. The Bertz CT molecular complexity index is 1290. The second-order valence-corrected chi connectivity index (χ2v) is 17.5. The first-order valence-electron chi connectivity index (χ1n) is 23.6. The second-order valence-electron chi connectivity index (χ2n) is 16.5. The maximum atomic E-state index is 13.1. The highest BCUT2D eigenvalue weighted by Gasteiger charge is 2.48. The number of nitrogens with one attached hydrogen (secondary N) is 1. The Kier molecular flexibility index (Phi) is 35.0. The number of hydrogen-bond acceptors (Lipinski definition) is 11. The van der Waals surface area contributed by atoms with Crippen LogP contribution in [0.15, 0.2) is 48.6 Å². The molecule has 356 valence electrons. The van der Waals surface area contributed by atoms with Crippen molar-refractivity contribution in [1.29, 1.82) is 0 Å². The fraction of sp³-hybridized carbons (Fsp3) is 0.809. The van der Waals surface area contributed by atoms with E-state index < -0.39 is 78.5 Å². The predicted octanol–water partition coefficient (Wildman–Crippen LogP) is 8.24. The van der Waals surface area contributed by atoms with Crippen molar-refractivity contribution < 1.29 is 57.0 Å². The van der Waals surface area contributed by atoms with Crippen molar-refractivity contribution in [2.24, 2.45) is 0 Å². The molecule has 61 heavy (non-hydrogen) atoms. The number of hydrogen-bond donors (Lipinski definition) is 7. The largest absolute Gasteiger partial charge is 0.397 e. The van der Waals surface area contributed by atoms with E-state index in [1.807, 2.05) is 0 Å². The number of allylic oxidation sites excluding steroid dienone is 7. The lowest BCUT2D eigenvalue weighted by Crippen LogP contribution is -2.61. The minimum Gasteiger partial charge on any atom is -0.394 e. The molecule has 1 rings (SSSR count). The first kappa shape index (κ1) is 57.0. The van der Waals surface area contributed by atoms with E-state index in [9.17, 15) is 43.3 Å². The summed E-state index contributed by atoms with van der Waals surface area (Å²) in [4.78, 5) is 13.1. The van der Waals surface area contributed by atoms with Crippen molar-refractivity contribution in [3.63, 3.8) is 0 Å². The van der Waals surface area contributed by atoms with E-state index in [0.717, 1.165) is 57.8 Å². The van der Waals surface area contributed by atoms with E-state index in [2.05, 4.69) is 59.8 Å². The molecule has 8 atom stereocenters. The van der Waals surface area contributed by atoms with E-state index in [1.54, 1.807) is 6.08 Å². The maximum Gasteiger partial charge on any atom is 0.397 e. The van der Waals surface area contributed by atoms with Crippen LogP contribution in [0.4, 0.5) is 0 Å². The van der Waals surface area contributed by atoms with Crippen molar-refractivity contribution in [3.8, 4) is 0 Å². The van der Waals surface area contributed by atoms with Gasteiger partial charge in [-0.3, -0.25) is 9.35 Å². The standard InChI is InChI=1S/C47H85NO12S/c1-3-5-7-9-11-13-15-17-19-20-22-24-26-28-30-32-34-36-41(51)46(54)48-39(38-58-47-44(53)45(60-61(55,56)57)43(52)42(37-49)59-47)40(50)35-33-31-29-27-25-23-21-18-16-14-12-10-8-6-4-2/h16,18,22,24-25,27,33,35,39-45,47,49-53H,3-15,17,19-21,23,26,28-32,34,36-38H2,1-2H3,(H,48,54)(H,55,56,57)/b18-16+,24-22-,27-25+,35-33+. The lowest BCUT2D eigenvalue weighted by atomic mass is 9.99. The summed E-state index contributed by atoms with van der Waals surface area (Å²) in [5.74, 6) is -0.727. The molecule has 0 aromatic carbocycles. The van der Waals surface area contributed by atoms with Crippen LogP contribution in [-0.4, -0.2) is 107 Å². The van der Waals surface area contributed by atoms with Crippen LogP contribution in [0.25, 0.3) is 0 Å². The van der Waals surface area contributed by atoms with Gasteiger partial charge in [0.1, 0.15) is 30.5 Å². The number of carbonyl (C=O) groups is 1. The molecular formula is C47H85NO12S. The molecule has 0 radical (unpaired) electrons. The fourth-order valence-electron chi connectivity index (χ4n) is 7.13. The maximum absolute atomic E-state index is 13.1. The summed E-state index contributed by atoms with van der Waals surface area (Å²) >= 11 is 0. The third-order valence-corrected chi connectivity index (χ3v) is 11.4. The molecule has 0 saturated carbocycles. The van der Waals surface area contributed by atoms with Crippen LogP contribution in [0.5, 0.6) is 0 Å². The summed E-state index contributed by atoms with van der Waals surface area (Å²) in [5.41, 5.74) is 0. The third kappa shape index (κ3) is 29.9. The smallest absolute Gasteiger partial charge is 0.394 e. The Hall–Kier alpha value is -1.98. The van der Waals surface area contributed by atoms with Crippen molar-refractivity contribution in [2.45, 2.75) is 230 Å². The van der Waals surface area contributed by atoms with E-state index in [1.165, 1.54) is 96.0 Å². The molecule has 0 aromatic heterocycles.